The van der Waals surface area contributed by atoms with Gasteiger partial charge in [0.05, 0.1) is 11.3 Å². The molecule has 158 valence electrons. The number of fused-ring (bicyclic) bond motifs is 1. The molecule has 0 aliphatic carbocycles. The van der Waals surface area contributed by atoms with Gasteiger partial charge in [0.15, 0.2) is 5.65 Å². The van der Waals surface area contributed by atoms with Crippen molar-refractivity contribution in [3.05, 3.63) is 57.8 Å². The van der Waals surface area contributed by atoms with Gasteiger partial charge in [-0.05, 0) is 68.5 Å². The summed E-state index contributed by atoms with van der Waals surface area (Å²) in [5.41, 5.74) is 4.97. The molecule has 1 saturated heterocycles. The molecular weight excluding hydrogens is 464 g/mol. The molecule has 30 heavy (non-hydrogen) atoms. The first kappa shape index (κ1) is 22.5. The van der Waals surface area contributed by atoms with Gasteiger partial charge in [-0.25, -0.2) is 9.97 Å². The van der Waals surface area contributed by atoms with Crippen LogP contribution in [-0.4, -0.2) is 33.9 Å². The SMILES string of the molecule is Cc1ccc2c(Nc3ccc(Br)cc3C)c(C(=O)N3CCC(C)CC3)cnc2n1.Cl. The Morgan fingerprint density at radius 3 is 2.60 bits per heavy atom. The Balaban J connectivity index is 0.00000256. The molecule has 3 heterocycles. The van der Waals surface area contributed by atoms with Crippen molar-refractivity contribution in [1.82, 2.24) is 14.9 Å². The molecule has 5 nitrogen and oxygen atoms in total. The van der Waals surface area contributed by atoms with E-state index >= 15 is 0 Å². The molecule has 2 aromatic heterocycles. The summed E-state index contributed by atoms with van der Waals surface area (Å²) in [4.78, 5) is 24.4. The number of hydrogen-bond acceptors (Lipinski definition) is 4. The summed E-state index contributed by atoms with van der Waals surface area (Å²) in [6.45, 7) is 7.83. The van der Waals surface area contributed by atoms with E-state index in [-0.39, 0.29) is 18.3 Å². The minimum absolute atomic E-state index is 0. The zero-order chi connectivity index (χ0) is 20.5. The lowest BCUT2D eigenvalue weighted by atomic mass is 9.98. The van der Waals surface area contributed by atoms with Crippen LogP contribution in [0.5, 0.6) is 0 Å². The van der Waals surface area contributed by atoms with Gasteiger partial charge >= 0.3 is 0 Å². The lowest BCUT2D eigenvalue weighted by Gasteiger charge is -2.31. The highest BCUT2D eigenvalue weighted by atomic mass is 79.9. The van der Waals surface area contributed by atoms with Crippen molar-refractivity contribution in [2.75, 3.05) is 18.4 Å². The van der Waals surface area contributed by atoms with Crippen molar-refractivity contribution < 1.29 is 4.79 Å². The number of likely N-dealkylation sites (tertiary alicyclic amines) is 1. The Hall–Kier alpha value is -2.18. The van der Waals surface area contributed by atoms with Crippen LogP contribution in [0, 0.1) is 19.8 Å². The van der Waals surface area contributed by atoms with E-state index in [2.05, 4.69) is 44.2 Å². The molecule has 0 radical (unpaired) electrons. The van der Waals surface area contributed by atoms with E-state index in [9.17, 15) is 4.79 Å². The predicted molar refractivity (Wildman–Crippen MR) is 128 cm³/mol. The van der Waals surface area contributed by atoms with Gasteiger partial charge in [0.2, 0.25) is 0 Å². The number of rotatable bonds is 3. The Labute approximate surface area is 191 Å². The van der Waals surface area contributed by atoms with Crippen molar-refractivity contribution in [3.63, 3.8) is 0 Å². The second-order valence-electron chi connectivity index (χ2n) is 7.93. The molecule has 0 atom stereocenters. The molecule has 1 amide bonds. The maximum atomic E-state index is 13.4. The molecule has 0 bridgehead atoms. The smallest absolute Gasteiger partial charge is 0.257 e. The van der Waals surface area contributed by atoms with Crippen LogP contribution in [0.3, 0.4) is 0 Å². The average molecular weight is 490 g/mol. The Kier molecular flexibility index (Phi) is 6.98. The van der Waals surface area contributed by atoms with Crippen LogP contribution in [-0.2, 0) is 0 Å². The fourth-order valence-corrected chi connectivity index (χ4v) is 4.23. The first-order chi connectivity index (χ1) is 13.9. The van der Waals surface area contributed by atoms with Crippen LogP contribution in [0.2, 0.25) is 0 Å². The van der Waals surface area contributed by atoms with Crippen LogP contribution in [0.15, 0.2) is 41.0 Å². The van der Waals surface area contributed by atoms with Gasteiger partial charge in [0, 0.05) is 40.5 Å². The van der Waals surface area contributed by atoms with Crippen molar-refractivity contribution in [2.24, 2.45) is 5.92 Å². The number of carbonyl (C=O) groups is 1. The van der Waals surface area contributed by atoms with Crippen molar-refractivity contribution in [1.29, 1.82) is 0 Å². The summed E-state index contributed by atoms with van der Waals surface area (Å²) in [5, 5.41) is 4.37. The fraction of sp³-hybridized carbons (Fsp3) is 0.348. The summed E-state index contributed by atoms with van der Waals surface area (Å²) in [6, 6.07) is 10.0. The molecule has 3 aromatic rings. The largest absolute Gasteiger partial charge is 0.354 e. The fourth-order valence-electron chi connectivity index (χ4n) is 3.75. The molecule has 1 aromatic carbocycles. The number of anilines is 2. The third-order valence-electron chi connectivity index (χ3n) is 5.62. The number of aryl methyl sites for hydroxylation is 2. The first-order valence-electron chi connectivity index (χ1n) is 10.0. The third-order valence-corrected chi connectivity index (χ3v) is 6.11. The lowest BCUT2D eigenvalue weighted by Crippen LogP contribution is -2.38. The maximum Gasteiger partial charge on any atom is 0.257 e. The van der Waals surface area contributed by atoms with Gasteiger partial charge in [-0.2, -0.15) is 0 Å². The van der Waals surface area contributed by atoms with Crippen molar-refractivity contribution in [2.45, 2.75) is 33.6 Å². The molecule has 7 heteroatoms. The van der Waals surface area contributed by atoms with Gasteiger partial charge in [-0.3, -0.25) is 4.79 Å². The number of nitrogens with zero attached hydrogens (tertiary/aromatic N) is 3. The molecular formula is C23H26BrClN4O. The summed E-state index contributed by atoms with van der Waals surface area (Å²) in [7, 11) is 0. The van der Waals surface area contributed by atoms with Crippen LogP contribution in [0.25, 0.3) is 11.0 Å². The normalized spacial score (nSPS) is 14.5. The van der Waals surface area contributed by atoms with E-state index in [1.807, 2.05) is 43.0 Å². The molecule has 0 unspecified atom stereocenters. The molecule has 1 aliphatic rings. The predicted octanol–water partition coefficient (Wildman–Crippen LogP) is 6.05. The van der Waals surface area contributed by atoms with Gasteiger partial charge in [-0.15, -0.1) is 12.4 Å². The minimum Gasteiger partial charge on any atom is -0.354 e. The summed E-state index contributed by atoms with van der Waals surface area (Å²) in [5.74, 6) is 0.702. The van der Waals surface area contributed by atoms with E-state index in [1.54, 1.807) is 6.20 Å². The summed E-state index contributed by atoms with van der Waals surface area (Å²) < 4.78 is 1.02. The first-order valence-corrected chi connectivity index (χ1v) is 10.8. The number of aromatic nitrogens is 2. The zero-order valence-electron chi connectivity index (χ0n) is 17.4. The van der Waals surface area contributed by atoms with Gasteiger partial charge < -0.3 is 10.2 Å². The average Bonchev–Trinajstić information content (AvgIpc) is 2.70. The molecule has 0 spiro atoms. The van der Waals surface area contributed by atoms with E-state index in [0.29, 0.717) is 17.1 Å². The van der Waals surface area contributed by atoms with E-state index in [1.165, 1.54) is 0 Å². The lowest BCUT2D eigenvalue weighted by molar-refractivity contribution is 0.0698. The van der Waals surface area contributed by atoms with Crippen LogP contribution >= 0.6 is 28.3 Å². The summed E-state index contributed by atoms with van der Waals surface area (Å²) in [6.07, 6.45) is 3.76. The highest BCUT2D eigenvalue weighted by Crippen LogP contribution is 2.32. The highest BCUT2D eigenvalue weighted by molar-refractivity contribution is 9.10. The second-order valence-corrected chi connectivity index (χ2v) is 8.85. The molecule has 0 saturated carbocycles. The summed E-state index contributed by atoms with van der Waals surface area (Å²) >= 11 is 3.52. The van der Waals surface area contributed by atoms with Crippen LogP contribution < -0.4 is 5.32 Å². The van der Waals surface area contributed by atoms with Gasteiger partial charge in [0.25, 0.3) is 5.91 Å². The minimum atomic E-state index is 0. The Bertz CT molecular complexity index is 1080. The number of hydrogen-bond donors (Lipinski definition) is 1. The Morgan fingerprint density at radius 2 is 1.90 bits per heavy atom. The molecule has 4 rings (SSSR count). The molecule has 1 aliphatic heterocycles. The number of benzene rings is 1. The topological polar surface area (TPSA) is 58.1 Å². The quantitative estimate of drug-likeness (QED) is 0.487. The Morgan fingerprint density at radius 1 is 1.17 bits per heavy atom. The molecule has 1 fully saturated rings. The number of nitrogens with one attached hydrogen (secondary N) is 1. The monoisotopic (exact) mass is 488 g/mol. The van der Waals surface area contributed by atoms with E-state index < -0.39 is 0 Å². The van der Waals surface area contributed by atoms with Crippen molar-refractivity contribution >= 4 is 56.7 Å². The van der Waals surface area contributed by atoms with Gasteiger partial charge in [0.1, 0.15) is 0 Å². The number of halogens is 2. The van der Waals surface area contributed by atoms with E-state index in [0.717, 1.165) is 58.4 Å². The maximum absolute atomic E-state index is 13.4. The standard InChI is InChI=1S/C23H25BrN4O.ClH/c1-14-8-10-28(11-9-14)23(29)19-13-25-22-18(6-4-16(3)26-22)21(19)27-20-7-5-17(24)12-15(20)2;/h4-7,12-14H,8-11H2,1-3H3,(H,25,26,27);1H. The van der Waals surface area contributed by atoms with Crippen LogP contribution in [0.1, 0.15) is 41.4 Å². The highest BCUT2D eigenvalue weighted by Gasteiger charge is 2.25. The molecule has 1 N–H and O–H groups in total. The van der Waals surface area contributed by atoms with Gasteiger partial charge in [-0.1, -0.05) is 22.9 Å². The zero-order valence-corrected chi connectivity index (χ0v) is 19.8. The van der Waals surface area contributed by atoms with Crippen LogP contribution in [0.4, 0.5) is 11.4 Å². The van der Waals surface area contributed by atoms with Crippen molar-refractivity contribution in [3.8, 4) is 0 Å². The number of amides is 1. The number of pyridine rings is 2. The second kappa shape index (κ2) is 9.31. The number of piperidine rings is 1. The van der Waals surface area contributed by atoms with E-state index in [4.69, 9.17) is 0 Å². The number of carbonyl (C=O) groups excluding carboxylic acids is 1. The third kappa shape index (κ3) is 4.60.